The Balaban J connectivity index is 1.64. The van der Waals surface area contributed by atoms with E-state index in [9.17, 15) is 14.9 Å². The van der Waals surface area contributed by atoms with Gasteiger partial charge in [-0.15, -0.1) is 0 Å². The number of hydrogen-bond donors (Lipinski definition) is 3. The van der Waals surface area contributed by atoms with Crippen molar-refractivity contribution < 1.29 is 9.59 Å². The number of nitriles is 1. The van der Waals surface area contributed by atoms with Gasteiger partial charge in [0.1, 0.15) is 0 Å². The summed E-state index contributed by atoms with van der Waals surface area (Å²) >= 11 is 7.77. The van der Waals surface area contributed by atoms with Crippen molar-refractivity contribution >= 4 is 46.6 Å². The van der Waals surface area contributed by atoms with Gasteiger partial charge in [0.15, 0.2) is 0 Å². The summed E-state index contributed by atoms with van der Waals surface area (Å²) in [5.41, 5.74) is 4.33. The second kappa shape index (κ2) is 11.8. The summed E-state index contributed by atoms with van der Waals surface area (Å²) in [6, 6.07) is 26.1. The van der Waals surface area contributed by atoms with Gasteiger partial charge in [-0.1, -0.05) is 71.9 Å². The molecule has 0 saturated heterocycles. The molecule has 3 aromatic rings. The number of anilines is 2. The molecule has 0 bridgehead atoms. The third-order valence-electron chi connectivity index (χ3n) is 5.79. The van der Waals surface area contributed by atoms with Crippen LogP contribution in [0.25, 0.3) is 0 Å². The van der Waals surface area contributed by atoms with Crippen LogP contribution in [-0.2, 0) is 9.59 Å². The van der Waals surface area contributed by atoms with Crippen molar-refractivity contribution in [1.29, 1.82) is 5.26 Å². The van der Waals surface area contributed by atoms with Crippen molar-refractivity contribution in [3.63, 3.8) is 0 Å². The zero-order valence-electron chi connectivity index (χ0n) is 20.3. The van der Waals surface area contributed by atoms with Crippen molar-refractivity contribution in [3.05, 3.63) is 117 Å². The summed E-state index contributed by atoms with van der Waals surface area (Å²) < 4.78 is 0. The van der Waals surface area contributed by atoms with Crippen LogP contribution in [0.5, 0.6) is 0 Å². The molecule has 3 N–H and O–H groups in total. The van der Waals surface area contributed by atoms with Crippen LogP contribution < -0.4 is 16.0 Å². The van der Waals surface area contributed by atoms with Crippen LogP contribution in [-0.4, -0.2) is 17.6 Å². The van der Waals surface area contributed by atoms with Crippen LogP contribution in [0.2, 0.25) is 5.02 Å². The lowest BCUT2D eigenvalue weighted by Crippen LogP contribution is -2.31. The highest BCUT2D eigenvalue weighted by molar-refractivity contribution is 8.03. The Hall–Kier alpha value is -3.99. The van der Waals surface area contributed by atoms with E-state index in [1.54, 1.807) is 31.2 Å². The SMILES string of the molecule is CC1=C(C(=O)Nc2ccccc2)C(c2ccccc2Cl)C(C#N)=C(SCC(=O)Nc2cccc(C)c2)N1. The monoisotopic (exact) mass is 528 g/mol. The highest BCUT2D eigenvalue weighted by atomic mass is 35.5. The molecule has 0 saturated carbocycles. The Kier molecular flexibility index (Phi) is 8.34. The number of para-hydroxylation sites is 1. The second-order valence-electron chi connectivity index (χ2n) is 8.50. The van der Waals surface area contributed by atoms with Crippen LogP contribution in [0.1, 0.15) is 24.0 Å². The van der Waals surface area contributed by atoms with Gasteiger partial charge in [-0.3, -0.25) is 9.59 Å². The van der Waals surface area contributed by atoms with E-state index in [1.807, 2.05) is 61.5 Å². The lowest BCUT2D eigenvalue weighted by Gasteiger charge is -2.30. The first kappa shape index (κ1) is 26.1. The molecule has 6 nitrogen and oxygen atoms in total. The van der Waals surface area contributed by atoms with Crippen molar-refractivity contribution in [2.24, 2.45) is 0 Å². The largest absolute Gasteiger partial charge is 0.353 e. The minimum atomic E-state index is -0.703. The number of benzene rings is 3. The quantitative estimate of drug-likeness (QED) is 0.332. The number of carbonyl (C=O) groups is 2. The second-order valence-corrected chi connectivity index (χ2v) is 9.89. The maximum Gasteiger partial charge on any atom is 0.254 e. The third-order valence-corrected chi connectivity index (χ3v) is 7.15. The first-order chi connectivity index (χ1) is 17.9. The molecule has 1 aliphatic rings. The Bertz CT molecular complexity index is 1440. The molecule has 0 aliphatic carbocycles. The highest BCUT2D eigenvalue weighted by Crippen LogP contribution is 2.43. The average molecular weight is 529 g/mol. The number of hydrogen-bond acceptors (Lipinski definition) is 5. The maximum absolute atomic E-state index is 13.5. The number of allylic oxidation sites excluding steroid dienone is 2. The normalized spacial score (nSPS) is 15.0. The molecule has 4 rings (SSSR count). The van der Waals surface area contributed by atoms with E-state index in [1.165, 1.54) is 11.8 Å². The Morgan fingerprint density at radius 3 is 2.38 bits per heavy atom. The number of nitrogens with zero attached hydrogens (tertiary/aromatic N) is 1. The summed E-state index contributed by atoms with van der Waals surface area (Å²) in [6.07, 6.45) is 0. The number of aryl methyl sites for hydroxylation is 1. The fourth-order valence-electron chi connectivity index (χ4n) is 4.13. The minimum Gasteiger partial charge on any atom is -0.353 e. The first-order valence-electron chi connectivity index (χ1n) is 11.6. The number of nitrogens with one attached hydrogen (secondary N) is 3. The molecular formula is C29H25ClN4O2S. The molecule has 37 heavy (non-hydrogen) atoms. The summed E-state index contributed by atoms with van der Waals surface area (Å²) in [5, 5.41) is 20.2. The van der Waals surface area contributed by atoms with Crippen LogP contribution in [0.3, 0.4) is 0 Å². The number of dihydropyridines is 1. The van der Waals surface area contributed by atoms with Gasteiger partial charge < -0.3 is 16.0 Å². The molecule has 0 radical (unpaired) electrons. The molecule has 2 amide bonds. The van der Waals surface area contributed by atoms with Crippen molar-refractivity contribution in [2.45, 2.75) is 19.8 Å². The predicted octanol–water partition coefficient (Wildman–Crippen LogP) is 6.36. The molecule has 8 heteroatoms. The predicted molar refractivity (Wildman–Crippen MR) is 150 cm³/mol. The lowest BCUT2D eigenvalue weighted by molar-refractivity contribution is -0.114. The van der Waals surface area contributed by atoms with E-state index in [2.05, 4.69) is 22.0 Å². The summed E-state index contributed by atoms with van der Waals surface area (Å²) in [7, 11) is 0. The average Bonchev–Trinajstić information content (AvgIpc) is 2.88. The van der Waals surface area contributed by atoms with Gasteiger partial charge in [-0.25, -0.2) is 0 Å². The molecule has 0 aromatic heterocycles. The third kappa shape index (κ3) is 6.23. The van der Waals surface area contributed by atoms with Crippen molar-refractivity contribution in [1.82, 2.24) is 5.32 Å². The number of carbonyl (C=O) groups excluding carboxylic acids is 2. The van der Waals surface area contributed by atoms with E-state index in [0.29, 0.717) is 43.8 Å². The zero-order valence-corrected chi connectivity index (χ0v) is 21.9. The summed E-state index contributed by atoms with van der Waals surface area (Å²) in [6.45, 7) is 3.74. The molecular weight excluding hydrogens is 504 g/mol. The Morgan fingerprint density at radius 1 is 0.973 bits per heavy atom. The number of rotatable bonds is 7. The summed E-state index contributed by atoms with van der Waals surface area (Å²) in [5.74, 6) is -1.16. The van der Waals surface area contributed by atoms with E-state index in [4.69, 9.17) is 11.6 Å². The van der Waals surface area contributed by atoms with Crippen LogP contribution in [0, 0.1) is 18.3 Å². The zero-order chi connectivity index (χ0) is 26.4. The van der Waals surface area contributed by atoms with Crippen LogP contribution >= 0.6 is 23.4 Å². The van der Waals surface area contributed by atoms with Crippen LogP contribution in [0.15, 0.2) is 101 Å². The van der Waals surface area contributed by atoms with Crippen LogP contribution in [0.4, 0.5) is 11.4 Å². The number of thioether (sulfide) groups is 1. The number of amides is 2. The van der Waals surface area contributed by atoms with E-state index < -0.39 is 5.92 Å². The van der Waals surface area contributed by atoms with Gasteiger partial charge in [0.05, 0.1) is 28.3 Å². The molecule has 0 spiro atoms. The van der Waals surface area contributed by atoms with Crippen molar-refractivity contribution in [3.8, 4) is 6.07 Å². The van der Waals surface area contributed by atoms with E-state index in [0.717, 1.165) is 5.56 Å². The topological polar surface area (TPSA) is 94.0 Å². The summed E-state index contributed by atoms with van der Waals surface area (Å²) in [4.78, 5) is 26.1. The van der Waals surface area contributed by atoms with Gasteiger partial charge in [-0.05, 0) is 55.3 Å². The van der Waals surface area contributed by atoms with Crippen molar-refractivity contribution in [2.75, 3.05) is 16.4 Å². The Morgan fingerprint density at radius 2 is 1.68 bits per heavy atom. The highest BCUT2D eigenvalue weighted by Gasteiger charge is 2.35. The van der Waals surface area contributed by atoms with E-state index in [-0.39, 0.29) is 17.6 Å². The van der Waals surface area contributed by atoms with Gasteiger partial charge in [-0.2, -0.15) is 5.26 Å². The smallest absolute Gasteiger partial charge is 0.254 e. The molecule has 1 aliphatic heterocycles. The fourth-order valence-corrected chi connectivity index (χ4v) is 5.26. The maximum atomic E-state index is 13.5. The van der Waals surface area contributed by atoms with Gasteiger partial charge in [0, 0.05) is 27.7 Å². The van der Waals surface area contributed by atoms with E-state index >= 15 is 0 Å². The van der Waals surface area contributed by atoms with Gasteiger partial charge in [0.25, 0.3) is 5.91 Å². The minimum absolute atomic E-state index is 0.0789. The number of halogens is 1. The lowest BCUT2D eigenvalue weighted by atomic mass is 9.82. The molecule has 1 atom stereocenters. The molecule has 1 heterocycles. The molecule has 0 fully saturated rings. The van der Waals surface area contributed by atoms with Gasteiger partial charge >= 0.3 is 0 Å². The first-order valence-corrected chi connectivity index (χ1v) is 13.0. The van der Waals surface area contributed by atoms with Gasteiger partial charge in [0.2, 0.25) is 5.91 Å². The fraction of sp³-hybridized carbons (Fsp3) is 0.138. The molecule has 3 aromatic carbocycles. The molecule has 186 valence electrons. The standard InChI is InChI=1S/C29H25ClN4O2S/c1-18-9-8-12-21(15-18)33-25(35)17-37-29-23(16-31)27(22-13-6-7-14-24(22)30)26(19(2)32-29)28(36)34-20-10-4-3-5-11-20/h3-15,27,32H,17H2,1-2H3,(H,33,35)(H,34,36). The molecule has 1 unspecified atom stereocenters. The Labute approximate surface area is 225 Å².